The molecule has 0 aliphatic carbocycles. The lowest BCUT2D eigenvalue weighted by Gasteiger charge is -2.33. The molecule has 0 N–H and O–H groups in total. The van der Waals surface area contributed by atoms with Gasteiger partial charge in [-0.05, 0) is 42.0 Å². The Morgan fingerprint density at radius 2 is 1.67 bits per heavy atom. The van der Waals surface area contributed by atoms with Crippen molar-refractivity contribution >= 4 is 29.0 Å². The van der Waals surface area contributed by atoms with Crippen molar-refractivity contribution in [2.75, 3.05) is 26.2 Å². The molecular weight excluding hydrogens is 345 g/mol. The van der Waals surface area contributed by atoms with Gasteiger partial charge in [-0.25, -0.2) is 0 Å². The van der Waals surface area contributed by atoms with E-state index in [2.05, 4.69) is 4.90 Å². The first-order chi connectivity index (χ1) is 11.6. The molecule has 2 aromatic rings. The summed E-state index contributed by atoms with van der Waals surface area (Å²) in [5, 5.41) is 1.37. The summed E-state index contributed by atoms with van der Waals surface area (Å²) in [5.41, 5.74) is 1.83. The third-order valence-corrected chi connectivity index (χ3v) is 4.72. The highest BCUT2D eigenvalue weighted by atomic mass is 35.5. The predicted molar refractivity (Wildman–Crippen MR) is 97.0 cm³/mol. The van der Waals surface area contributed by atoms with E-state index in [1.807, 2.05) is 24.3 Å². The molecule has 1 atom stereocenters. The highest BCUT2D eigenvalue weighted by Crippen LogP contribution is 2.24. The molecule has 0 radical (unpaired) electrons. The van der Waals surface area contributed by atoms with Gasteiger partial charge >= 0.3 is 0 Å². The van der Waals surface area contributed by atoms with Gasteiger partial charge in [0.25, 0.3) is 0 Å². The third-order valence-electron chi connectivity index (χ3n) is 4.21. The minimum absolute atomic E-state index is 0.0293. The van der Waals surface area contributed by atoms with Gasteiger partial charge in [0.15, 0.2) is 5.78 Å². The average Bonchev–Trinajstić information content (AvgIpc) is 2.61. The summed E-state index contributed by atoms with van der Waals surface area (Å²) < 4.78 is 5.85. The van der Waals surface area contributed by atoms with Crippen molar-refractivity contribution in [2.45, 2.75) is 12.5 Å². The molecule has 1 aliphatic heterocycles. The van der Waals surface area contributed by atoms with Crippen LogP contribution in [0.25, 0.3) is 0 Å². The Bertz CT molecular complexity index is 686. The van der Waals surface area contributed by atoms with E-state index in [4.69, 9.17) is 27.9 Å². The summed E-state index contributed by atoms with van der Waals surface area (Å²) in [6, 6.07) is 14.8. The van der Waals surface area contributed by atoms with Crippen molar-refractivity contribution in [1.82, 2.24) is 4.90 Å². The summed E-state index contributed by atoms with van der Waals surface area (Å²) in [7, 11) is 0. The molecule has 1 fully saturated rings. The Hall–Kier alpha value is -1.39. The van der Waals surface area contributed by atoms with E-state index in [-0.39, 0.29) is 11.9 Å². The maximum Gasteiger partial charge on any atom is 0.164 e. The number of hydrogen-bond donors (Lipinski definition) is 0. The van der Waals surface area contributed by atoms with Crippen LogP contribution in [0.2, 0.25) is 10.0 Å². The van der Waals surface area contributed by atoms with Crippen LogP contribution in [0.5, 0.6) is 0 Å². The van der Waals surface area contributed by atoms with Crippen molar-refractivity contribution in [3.8, 4) is 0 Å². The zero-order valence-corrected chi connectivity index (χ0v) is 14.8. The molecule has 1 heterocycles. The molecule has 3 rings (SSSR count). The second-order valence-electron chi connectivity index (χ2n) is 5.89. The Morgan fingerprint density at radius 1 is 1.04 bits per heavy atom. The van der Waals surface area contributed by atoms with Gasteiger partial charge in [-0.15, -0.1) is 0 Å². The van der Waals surface area contributed by atoms with Gasteiger partial charge in [-0.3, -0.25) is 9.69 Å². The van der Waals surface area contributed by atoms with Crippen LogP contribution >= 0.6 is 23.2 Å². The molecule has 0 amide bonds. The number of carbonyl (C=O) groups excluding carboxylic acids is 1. The smallest absolute Gasteiger partial charge is 0.164 e. The molecule has 126 valence electrons. The molecular formula is C19H19Cl2NO2. The van der Waals surface area contributed by atoms with Crippen LogP contribution in [0.3, 0.4) is 0 Å². The van der Waals surface area contributed by atoms with E-state index in [0.717, 1.165) is 30.2 Å². The van der Waals surface area contributed by atoms with Crippen LogP contribution in [0.15, 0.2) is 48.5 Å². The van der Waals surface area contributed by atoms with Crippen molar-refractivity contribution in [1.29, 1.82) is 0 Å². The van der Waals surface area contributed by atoms with Crippen LogP contribution in [-0.4, -0.2) is 36.9 Å². The van der Waals surface area contributed by atoms with Crippen molar-refractivity contribution < 1.29 is 9.53 Å². The van der Waals surface area contributed by atoms with E-state index in [1.165, 1.54) is 0 Å². The Kier molecular flexibility index (Phi) is 5.90. The first-order valence-corrected chi connectivity index (χ1v) is 8.75. The number of carbonyl (C=O) groups is 1. The third kappa shape index (κ3) is 4.58. The zero-order chi connectivity index (χ0) is 16.9. The Balaban J connectivity index is 1.54. The summed E-state index contributed by atoms with van der Waals surface area (Å²) in [5.74, 6) is 0.140. The molecule has 0 bridgehead atoms. The van der Waals surface area contributed by atoms with Gasteiger partial charge in [-0.1, -0.05) is 35.3 Å². The zero-order valence-electron chi connectivity index (χ0n) is 13.3. The van der Waals surface area contributed by atoms with Crippen LogP contribution < -0.4 is 0 Å². The maximum atomic E-state index is 12.3. The molecule has 5 heteroatoms. The predicted octanol–water partition coefficient (Wildman–Crippen LogP) is 4.64. The molecule has 0 saturated carbocycles. The summed E-state index contributed by atoms with van der Waals surface area (Å²) >= 11 is 11.8. The van der Waals surface area contributed by atoms with Gasteiger partial charge in [0.2, 0.25) is 0 Å². The lowest BCUT2D eigenvalue weighted by atomic mass is 10.1. The van der Waals surface area contributed by atoms with Crippen LogP contribution in [0, 0.1) is 0 Å². The maximum absolute atomic E-state index is 12.3. The van der Waals surface area contributed by atoms with Gasteiger partial charge in [0.05, 0.1) is 12.7 Å². The quantitative estimate of drug-likeness (QED) is 0.724. The Morgan fingerprint density at radius 3 is 2.33 bits per heavy atom. The summed E-state index contributed by atoms with van der Waals surface area (Å²) in [4.78, 5) is 14.5. The molecule has 2 aromatic carbocycles. The number of ketones is 1. The number of rotatable bonds is 5. The number of nitrogens with zero attached hydrogens (tertiary/aromatic N) is 1. The average molecular weight is 364 g/mol. The molecule has 0 aromatic heterocycles. The topological polar surface area (TPSA) is 29.5 Å². The highest BCUT2D eigenvalue weighted by Gasteiger charge is 2.22. The minimum Gasteiger partial charge on any atom is -0.371 e. The molecule has 0 spiro atoms. The second-order valence-corrected chi connectivity index (χ2v) is 6.76. The normalized spacial score (nSPS) is 18.5. The molecule has 24 heavy (non-hydrogen) atoms. The van der Waals surface area contributed by atoms with Crippen LogP contribution in [0.1, 0.15) is 28.4 Å². The fourth-order valence-corrected chi connectivity index (χ4v) is 3.08. The van der Waals surface area contributed by atoms with Crippen LogP contribution in [-0.2, 0) is 4.74 Å². The SMILES string of the molecule is O=C(CCN1CCOC(c2ccc(Cl)cc2)C1)c1ccc(Cl)cc1. The molecule has 1 unspecified atom stereocenters. The van der Waals surface area contributed by atoms with E-state index in [1.54, 1.807) is 24.3 Å². The number of halogens is 2. The lowest BCUT2D eigenvalue weighted by Crippen LogP contribution is -2.39. The lowest BCUT2D eigenvalue weighted by molar-refractivity contribution is -0.0297. The van der Waals surface area contributed by atoms with Gasteiger partial charge < -0.3 is 4.74 Å². The van der Waals surface area contributed by atoms with Crippen LogP contribution in [0.4, 0.5) is 0 Å². The Labute approximate surface area is 152 Å². The summed E-state index contributed by atoms with van der Waals surface area (Å²) in [6.07, 6.45) is 0.524. The standard InChI is InChI=1S/C19H19Cl2NO2/c20-16-5-1-14(2-6-16)18(23)9-10-22-11-12-24-19(13-22)15-3-7-17(21)8-4-15/h1-8,19H,9-13H2. The number of morpholine rings is 1. The fourth-order valence-electron chi connectivity index (χ4n) is 2.82. The largest absolute Gasteiger partial charge is 0.371 e. The van der Waals surface area contributed by atoms with Gasteiger partial charge in [0, 0.05) is 41.7 Å². The minimum atomic E-state index is 0.0293. The number of Topliss-reactive ketones (excluding diaryl/α,β-unsaturated/α-hetero) is 1. The first-order valence-electron chi connectivity index (χ1n) is 8.00. The molecule has 1 aliphatic rings. The second kappa shape index (κ2) is 8.13. The fraction of sp³-hybridized carbons (Fsp3) is 0.316. The van der Waals surface area contributed by atoms with Gasteiger partial charge in [0.1, 0.15) is 0 Å². The van der Waals surface area contributed by atoms with E-state index in [9.17, 15) is 4.79 Å². The first kappa shape index (κ1) is 17.4. The van der Waals surface area contributed by atoms with Crippen molar-refractivity contribution in [2.24, 2.45) is 0 Å². The van der Waals surface area contributed by atoms with Crippen molar-refractivity contribution in [3.05, 3.63) is 69.7 Å². The molecule has 3 nitrogen and oxygen atoms in total. The van der Waals surface area contributed by atoms with Gasteiger partial charge in [-0.2, -0.15) is 0 Å². The number of hydrogen-bond acceptors (Lipinski definition) is 3. The molecule has 1 saturated heterocycles. The number of benzene rings is 2. The van der Waals surface area contributed by atoms with Crippen molar-refractivity contribution in [3.63, 3.8) is 0 Å². The number of ether oxygens (including phenoxy) is 1. The summed E-state index contributed by atoms with van der Waals surface area (Å²) in [6.45, 7) is 3.03. The van der Waals surface area contributed by atoms with E-state index in [0.29, 0.717) is 23.6 Å². The monoisotopic (exact) mass is 363 g/mol. The van der Waals surface area contributed by atoms with E-state index < -0.39 is 0 Å². The van der Waals surface area contributed by atoms with E-state index >= 15 is 0 Å². The highest BCUT2D eigenvalue weighted by molar-refractivity contribution is 6.30.